The molecule has 0 unspecified atom stereocenters. The molecule has 9 heteroatoms. The van der Waals surface area contributed by atoms with Gasteiger partial charge in [0.2, 0.25) is 5.91 Å². The first kappa shape index (κ1) is 22.0. The first-order valence-corrected chi connectivity index (χ1v) is 8.69. The van der Waals surface area contributed by atoms with Crippen molar-refractivity contribution in [2.75, 3.05) is 6.54 Å². The van der Waals surface area contributed by atoms with Gasteiger partial charge in [-0.15, -0.1) is 0 Å². The maximum Gasteiger partial charge on any atom is 0.492 e. The minimum absolute atomic E-state index is 0.00722. The number of hydrogen-bond donors (Lipinski definition) is 1. The summed E-state index contributed by atoms with van der Waals surface area (Å²) in [6, 6.07) is 4.77. The van der Waals surface area contributed by atoms with Gasteiger partial charge in [0.05, 0.1) is 28.4 Å². The van der Waals surface area contributed by atoms with Crippen LogP contribution in [0.15, 0.2) is 23.7 Å². The van der Waals surface area contributed by atoms with E-state index in [2.05, 4.69) is 5.32 Å². The fourth-order valence-electron chi connectivity index (χ4n) is 2.58. The van der Waals surface area contributed by atoms with Crippen molar-refractivity contribution in [3.05, 3.63) is 40.4 Å². The van der Waals surface area contributed by atoms with Crippen LogP contribution in [0.5, 0.6) is 0 Å². The molecule has 0 saturated carbocycles. The molecule has 150 valence electrons. The summed E-state index contributed by atoms with van der Waals surface area (Å²) in [6.07, 6.45) is -3.13. The van der Waals surface area contributed by atoms with Crippen molar-refractivity contribution in [2.24, 2.45) is 0 Å². The molecule has 1 fully saturated rings. The van der Waals surface area contributed by atoms with Gasteiger partial charge in [0.15, 0.2) is 0 Å². The minimum atomic E-state index is -4.54. The van der Waals surface area contributed by atoms with Crippen molar-refractivity contribution in [1.29, 1.82) is 5.26 Å². The lowest BCUT2D eigenvalue weighted by Crippen LogP contribution is -2.41. The van der Waals surface area contributed by atoms with Gasteiger partial charge in [0, 0.05) is 13.5 Å². The molecule has 1 saturated heterocycles. The van der Waals surface area contributed by atoms with Crippen molar-refractivity contribution in [2.45, 2.75) is 52.0 Å². The second-order valence-electron chi connectivity index (χ2n) is 7.63. The molecule has 1 N–H and O–H groups in total. The molecule has 0 aliphatic carbocycles. The zero-order chi connectivity index (χ0) is 21.3. The van der Waals surface area contributed by atoms with E-state index in [4.69, 9.17) is 9.31 Å². The second-order valence-corrected chi connectivity index (χ2v) is 7.63. The van der Waals surface area contributed by atoms with E-state index in [0.717, 1.165) is 18.2 Å². The summed E-state index contributed by atoms with van der Waals surface area (Å²) in [4.78, 5) is 11.4. The fraction of sp³-hybridized carbons (Fsp3) is 0.474. The van der Waals surface area contributed by atoms with Gasteiger partial charge in [-0.3, -0.25) is 4.79 Å². The van der Waals surface area contributed by atoms with Gasteiger partial charge in [-0.2, -0.15) is 18.4 Å². The van der Waals surface area contributed by atoms with E-state index in [1.807, 2.05) is 33.8 Å². The number of nitrogens with zero attached hydrogens (tertiary/aromatic N) is 1. The van der Waals surface area contributed by atoms with Crippen molar-refractivity contribution >= 4 is 19.1 Å². The van der Waals surface area contributed by atoms with E-state index in [0.29, 0.717) is 5.47 Å². The lowest BCUT2D eigenvalue weighted by Gasteiger charge is -2.32. The number of hydrogen-bond acceptors (Lipinski definition) is 4. The highest BCUT2D eigenvalue weighted by molar-refractivity contribution is 6.56. The van der Waals surface area contributed by atoms with Crippen LogP contribution in [0.4, 0.5) is 13.2 Å². The molecule has 5 nitrogen and oxygen atoms in total. The Hall–Kier alpha value is -2.31. The second kappa shape index (κ2) is 7.61. The van der Waals surface area contributed by atoms with Gasteiger partial charge < -0.3 is 14.6 Å². The highest BCUT2D eigenvalue weighted by Crippen LogP contribution is 2.39. The summed E-state index contributed by atoms with van der Waals surface area (Å²) < 4.78 is 51.2. The van der Waals surface area contributed by atoms with E-state index < -0.39 is 30.1 Å². The van der Waals surface area contributed by atoms with Gasteiger partial charge >= 0.3 is 13.3 Å². The fourth-order valence-corrected chi connectivity index (χ4v) is 2.58. The third-order valence-electron chi connectivity index (χ3n) is 4.94. The molecule has 0 aromatic heterocycles. The van der Waals surface area contributed by atoms with Crippen LogP contribution in [0.25, 0.3) is 6.08 Å². The first-order valence-electron chi connectivity index (χ1n) is 8.69. The number of nitrogens with one attached hydrogen (secondary N) is 1. The zero-order valence-electron chi connectivity index (χ0n) is 16.4. The molecular formula is C19H22BF3N2O3. The number of amides is 1. The zero-order valence-corrected chi connectivity index (χ0v) is 16.4. The largest absolute Gasteiger partial charge is 0.492 e. The SMILES string of the molecule is CC(=O)NCC(=Cc1cc(C(F)(F)F)ccc1C#N)B1OC(C)(C)C(C)(C)O1. The van der Waals surface area contributed by atoms with Crippen LogP contribution in [-0.2, 0) is 20.3 Å². The molecule has 2 rings (SSSR count). The Morgan fingerprint density at radius 2 is 1.82 bits per heavy atom. The molecule has 1 aromatic rings. The van der Waals surface area contributed by atoms with Crippen molar-refractivity contribution in [3.8, 4) is 6.07 Å². The van der Waals surface area contributed by atoms with Crippen LogP contribution in [-0.4, -0.2) is 30.8 Å². The number of alkyl halides is 3. The van der Waals surface area contributed by atoms with Crippen molar-refractivity contribution < 1.29 is 27.3 Å². The highest BCUT2D eigenvalue weighted by atomic mass is 19.4. The Bertz CT molecular complexity index is 826. The summed E-state index contributed by atoms with van der Waals surface area (Å²) in [6.45, 7) is 8.70. The Morgan fingerprint density at radius 3 is 2.29 bits per heavy atom. The molecule has 1 aromatic carbocycles. The lowest BCUT2D eigenvalue weighted by molar-refractivity contribution is -0.137. The average molecular weight is 394 g/mol. The molecule has 1 aliphatic rings. The number of halogens is 3. The molecule has 1 heterocycles. The third kappa shape index (κ3) is 4.75. The van der Waals surface area contributed by atoms with Crippen LogP contribution in [0.3, 0.4) is 0 Å². The smallest absolute Gasteiger partial charge is 0.400 e. The van der Waals surface area contributed by atoms with Gasteiger partial charge in [-0.25, -0.2) is 0 Å². The van der Waals surface area contributed by atoms with Crippen LogP contribution >= 0.6 is 0 Å². The number of nitriles is 1. The molecule has 0 spiro atoms. The summed E-state index contributed by atoms with van der Waals surface area (Å²) in [5.41, 5.74) is -1.65. The van der Waals surface area contributed by atoms with Gasteiger partial charge in [-0.1, -0.05) is 6.08 Å². The molecule has 0 atom stereocenters. The Labute approximate surface area is 162 Å². The molecule has 28 heavy (non-hydrogen) atoms. The maximum atomic E-state index is 13.1. The van der Waals surface area contributed by atoms with Crippen LogP contribution in [0, 0.1) is 11.3 Å². The van der Waals surface area contributed by atoms with Crippen LogP contribution in [0.2, 0.25) is 0 Å². The Morgan fingerprint density at radius 1 is 1.25 bits per heavy atom. The predicted molar refractivity (Wildman–Crippen MR) is 98.9 cm³/mol. The summed E-state index contributed by atoms with van der Waals surface area (Å²) >= 11 is 0. The molecule has 0 bridgehead atoms. The Balaban J connectivity index is 2.51. The van der Waals surface area contributed by atoms with Crippen molar-refractivity contribution in [1.82, 2.24) is 5.32 Å². The predicted octanol–water partition coefficient (Wildman–Crippen LogP) is 3.73. The summed E-state index contributed by atoms with van der Waals surface area (Å²) in [5.74, 6) is -0.313. The molecule has 1 aliphatic heterocycles. The van der Waals surface area contributed by atoms with E-state index in [1.165, 1.54) is 13.0 Å². The maximum absolute atomic E-state index is 13.1. The number of carbonyl (C=O) groups excluding carboxylic acids is 1. The normalized spacial score (nSPS) is 18.7. The quantitative estimate of drug-likeness (QED) is 0.791. The molecule has 0 radical (unpaired) electrons. The van der Waals surface area contributed by atoms with Crippen LogP contribution in [0.1, 0.15) is 51.3 Å². The molecular weight excluding hydrogens is 372 g/mol. The van der Waals surface area contributed by atoms with E-state index in [9.17, 15) is 23.2 Å². The number of carbonyl (C=O) groups is 1. The summed E-state index contributed by atoms with van der Waals surface area (Å²) in [7, 11) is -0.877. The monoisotopic (exact) mass is 394 g/mol. The standard InChI is InChI=1S/C19H22BF3N2O3/c1-12(26)25-11-16(20-27-17(2,3)18(4,5)28-20)9-14-8-15(19(21,22)23)7-6-13(14)10-24/h6-9H,11H2,1-5H3,(H,25,26). The number of rotatable bonds is 4. The van der Waals surface area contributed by atoms with Gasteiger partial charge in [0.25, 0.3) is 0 Å². The average Bonchev–Trinajstić information content (AvgIpc) is 2.77. The topological polar surface area (TPSA) is 71.4 Å². The Kier molecular flexibility index (Phi) is 5.97. The lowest BCUT2D eigenvalue weighted by atomic mass is 9.76. The number of benzene rings is 1. The summed E-state index contributed by atoms with van der Waals surface area (Å²) in [5, 5.41) is 11.9. The van der Waals surface area contributed by atoms with E-state index >= 15 is 0 Å². The highest BCUT2D eigenvalue weighted by Gasteiger charge is 2.52. The van der Waals surface area contributed by atoms with Gasteiger partial charge in [0.1, 0.15) is 0 Å². The first-order chi connectivity index (χ1) is 12.8. The third-order valence-corrected chi connectivity index (χ3v) is 4.94. The molecule has 1 amide bonds. The minimum Gasteiger partial charge on any atom is -0.400 e. The van der Waals surface area contributed by atoms with Crippen LogP contribution < -0.4 is 5.32 Å². The van der Waals surface area contributed by atoms with E-state index in [1.54, 1.807) is 0 Å². The van der Waals surface area contributed by atoms with E-state index in [-0.39, 0.29) is 23.6 Å². The van der Waals surface area contributed by atoms with Gasteiger partial charge in [-0.05, 0) is 56.9 Å². The van der Waals surface area contributed by atoms with Crippen molar-refractivity contribution in [3.63, 3.8) is 0 Å².